The highest BCUT2D eigenvalue weighted by molar-refractivity contribution is 5.81. The number of rotatable bonds is 6. The molecule has 1 N–H and O–H groups in total. The van der Waals surface area contributed by atoms with E-state index in [-0.39, 0.29) is 25.4 Å². The van der Waals surface area contributed by atoms with Gasteiger partial charge in [-0.1, -0.05) is 6.07 Å². The molecule has 1 aliphatic heterocycles. The maximum atomic E-state index is 12.4. The average Bonchev–Trinajstić information content (AvgIpc) is 2.52. The van der Waals surface area contributed by atoms with E-state index < -0.39 is 5.97 Å². The predicted molar refractivity (Wildman–Crippen MR) is 83.9 cm³/mol. The number of likely N-dealkylation sites (tertiary alicyclic amines) is 1. The van der Waals surface area contributed by atoms with Crippen molar-refractivity contribution in [3.63, 3.8) is 0 Å². The largest absolute Gasteiger partial charge is 0.481 e. The van der Waals surface area contributed by atoms with Crippen LogP contribution >= 0.6 is 0 Å². The molecule has 22 heavy (non-hydrogen) atoms. The third-order valence-electron chi connectivity index (χ3n) is 3.91. The Hall–Kier alpha value is -2.11. The summed E-state index contributed by atoms with van der Waals surface area (Å²) in [4.78, 5) is 31.3. The number of aromatic nitrogens is 1. The number of carboxylic acid groups (broad SMARTS) is 1. The second-order valence-electron chi connectivity index (χ2n) is 5.65. The van der Waals surface area contributed by atoms with Crippen molar-refractivity contribution in [2.45, 2.75) is 32.6 Å². The highest BCUT2D eigenvalue weighted by Gasteiger charge is 2.21. The van der Waals surface area contributed by atoms with Crippen LogP contribution in [0.15, 0.2) is 18.3 Å². The molecule has 2 heterocycles. The van der Waals surface area contributed by atoms with Gasteiger partial charge in [-0.25, -0.2) is 4.98 Å². The molecule has 1 aromatic heterocycles. The van der Waals surface area contributed by atoms with E-state index >= 15 is 0 Å². The molecule has 0 atom stereocenters. The van der Waals surface area contributed by atoms with E-state index in [4.69, 9.17) is 5.11 Å². The molecule has 1 aromatic rings. The molecular formula is C16H23N3O3. The van der Waals surface area contributed by atoms with Gasteiger partial charge in [0.1, 0.15) is 5.82 Å². The van der Waals surface area contributed by atoms with Crippen molar-refractivity contribution in [1.29, 1.82) is 0 Å². The number of amides is 1. The molecule has 0 radical (unpaired) electrons. The topological polar surface area (TPSA) is 73.7 Å². The van der Waals surface area contributed by atoms with E-state index in [9.17, 15) is 9.59 Å². The lowest BCUT2D eigenvalue weighted by Gasteiger charge is -2.30. The molecule has 1 aliphatic rings. The molecule has 2 rings (SSSR count). The van der Waals surface area contributed by atoms with Crippen LogP contribution in [-0.4, -0.2) is 53.0 Å². The predicted octanol–water partition coefficient (Wildman–Crippen LogP) is 1.68. The van der Waals surface area contributed by atoms with E-state index in [2.05, 4.69) is 4.98 Å². The van der Waals surface area contributed by atoms with E-state index in [0.29, 0.717) is 5.82 Å². The molecule has 0 bridgehead atoms. The SMILES string of the molecule is Cc1cccnc1N(CCC(=O)O)CC(=O)N1CCCCC1. The second-order valence-corrected chi connectivity index (χ2v) is 5.65. The molecule has 1 saturated heterocycles. The molecule has 0 aromatic carbocycles. The van der Waals surface area contributed by atoms with Gasteiger partial charge in [-0.15, -0.1) is 0 Å². The molecule has 0 aliphatic carbocycles. The van der Waals surface area contributed by atoms with Crippen LogP contribution in [0, 0.1) is 6.92 Å². The Kier molecular flexibility index (Phi) is 5.75. The fraction of sp³-hybridized carbons (Fsp3) is 0.562. The standard InChI is InChI=1S/C16H23N3O3/c1-13-6-5-8-17-16(13)19(11-7-15(21)22)12-14(20)18-9-3-2-4-10-18/h5-6,8H,2-4,7,9-12H2,1H3,(H,21,22). The van der Waals surface area contributed by atoms with Crippen molar-refractivity contribution < 1.29 is 14.7 Å². The second kappa shape index (κ2) is 7.77. The van der Waals surface area contributed by atoms with E-state index in [0.717, 1.165) is 31.5 Å². The number of aliphatic carboxylic acids is 1. The quantitative estimate of drug-likeness (QED) is 0.865. The van der Waals surface area contributed by atoms with Crippen LogP contribution < -0.4 is 4.90 Å². The number of carboxylic acids is 1. The summed E-state index contributed by atoms with van der Waals surface area (Å²) in [7, 11) is 0. The van der Waals surface area contributed by atoms with Crippen molar-refractivity contribution in [2.24, 2.45) is 0 Å². The summed E-state index contributed by atoms with van der Waals surface area (Å²) < 4.78 is 0. The zero-order valence-electron chi connectivity index (χ0n) is 13.0. The zero-order chi connectivity index (χ0) is 15.9. The Balaban J connectivity index is 2.08. The van der Waals surface area contributed by atoms with Gasteiger partial charge in [0.05, 0.1) is 13.0 Å². The number of hydrogen-bond donors (Lipinski definition) is 1. The lowest BCUT2D eigenvalue weighted by Crippen LogP contribution is -2.43. The minimum atomic E-state index is -0.871. The first kappa shape index (κ1) is 16.3. The smallest absolute Gasteiger partial charge is 0.305 e. The maximum absolute atomic E-state index is 12.4. The van der Waals surface area contributed by atoms with Crippen molar-refractivity contribution >= 4 is 17.7 Å². The first-order valence-corrected chi connectivity index (χ1v) is 7.74. The van der Waals surface area contributed by atoms with Gasteiger partial charge in [0.15, 0.2) is 0 Å². The van der Waals surface area contributed by atoms with Gasteiger partial charge in [-0.05, 0) is 37.8 Å². The number of hydrogen-bond acceptors (Lipinski definition) is 4. The van der Waals surface area contributed by atoms with Gasteiger partial charge in [-0.3, -0.25) is 9.59 Å². The van der Waals surface area contributed by atoms with Crippen molar-refractivity contribution in [3.8, 4) is 0 Å². The van der Waals surface area contributed by atoms with Crippen LogP contribution in [0.4, 0.5) is 5.82 Å². The minimum Gasteiger partial charge on any atom is -0.481 e. The maximum Gasteiger partial charge on any atom is 0.305 e. The number of piperidine rings is 1. The van der Waals surface area contributed by atoms with E-state index in [1.54, 1.807) is 11.1 Å². The Morgan fingerprint density at radius 3 is 2.68 bits per heavy atom. The number of carbonyl (C=O) groups excluding carboxylic acids is 1. The van der Waals surface area contributed by atoms with Gasteiger partial charge in [-0.2, -0.15) is 0 Å². The highest BCUT2D eigenvalue weighted by atomic mass is 16.4. The fourth-order valence-corrected chi connectivity index (χ4v) is 2.71. The summed E-state index contributed by atoms with van der Waals surface area (Å²) in [6, 6.07) is 3.75. The summed E-state index contributed by atoms with van der Waals surface area (Å²) in [6.45, 7) is 3.99. The summed E-state index contributed by atoms with van der Waals surface area (Å²) in [6.07, 6.45) is 4.92. The van der Waals surface area contributed by atoms with Crippen LogP contribution in [0.5, 0.6) is 0 Å². The molecule has 6 heteroatoms. The number of pyridine rings is 1. The Bertz CT molecular complexity index is 527. The average molecular weight is 305 g/mol. The summed E-state index contributed by atoms with van der Waals surface area (Å²) in [5, 5.41) is 8.92. The molecule has 1 amide bonds. The molecule has 1 fully saturated rings. The Morgan fingerprint density at radius 2 is 2.05 bits per heavy atom. The van der Waals surface area contributed by atoms with Gasteiger partial charge in [0.2, 0.25) is 5.91 Å². The Morgan fingerprint density at radius 1 is 1.32 bits per heavy atom. The zero-order valence-corrected chi connectivity index (χ0v) is 13.0. The van der Waals surface area contributed by atoms with Crippen LogP contribution in [0.3, 0.4) is 0 Å². The van der Waals surface area contributed by atoms with Crippen LogP contribution in [0.1, 0.15) is 31.2 Å². The van der Waals surface area contributed by atoms with Gasteiger partial charge in [0, 0.05) is 25.8 Å². The first-order chi connectivity index (χ1) is 10.6. The number of aryl methyl sites for hydroxylation is 1. The van der Waals surface area contributed by atoms with E-state index in [1.807, 2.05) is 24.0 Å². The molecule has 6 nitrogen and oxygen atoms in total. The number of carbonyl (C=O) groups is 2. The number of anilines is 1. The highest BCUT2D eigenvalue weighted by Crippen LogP contribution is 2.17. The van der Waals surface area contributed by atoms with Crippen molar-refractivity contribution in [3.05, 3.63) is 23.9 Å². The third-order valence-corrected chi connectivity index (χ3v) is 3.91. The van der Waals surface area contributed by atoms with Gasteiger partial charge < -0.3 is 14.9 Å². The summed E-state index contributed by atoms with van der Waals surface area (Å²) in [5.41, 5.74) is 0.944. The van der Waals surface area contributed by atoms with Gasteiger partial charge >= 0.3 is 5.97 Å². The molecule has 0 unspecified atom stereocenters. The first-order valence-electron chi connectivity index (χ1n) is 7.74. The normalized spacial score (nSPS) is 14.7. The van der Waals surface area contributed by atoms with Gasteiger partial charge in [0.25, 0.3) is 0 Å². The summed E-state index contributed by atoms with van der Waals surface area (Å²) in [5.74, 6) is -0.131. The molecule has 120 valence electrons. The molecule has 0 saturated carbocycles. The van der Waals surface area contributed by atoms with Crippen molar-refractivity contribution in [2.75, 3.05) is 31.1 Å². The third kappa shape index (κ3) is 4.44. The lowest BCUT2D eigenvalue weighted by atomic mass is 10.1. The number of nitrogens with zero attached hydrogens (tertiary/aromatic N) is 3. The summed E-state index contributed by atoms with van der Waals surface area (Å²) >= 11 is 0. The van der Waals surface area contributed by atoms with E-state index in [1.165, 1.54) is 6.42 Å². The monoisotopic (exact) mass is 305 g/mol. The lowest BCUT2D eigenvalue weighted by molar-refractivity contribution is -0.137. The van der Waals surface area contributed by atoms with Crippen LogP contribution in [0.25, 0.3) is 0 Å². The fourth-order valence-electron chi connectivity index (χ4n) is 2.71. The minimum absolute atomic E-state index is 0.0106. The molecule has 0 spiro atoms. The molecular weight excluding hydrogens is 282 g/mol. The van der Waals surface area contributed by atoms with Crippen LogP contribution in [-0.2, 0) is 9.59 Å². The van der Waals surface area contributed by atoms with Crippen LogP contribution in [0.2, 0.25) is 0 Å². The van der Waals surface area contributed by atoms with Crippen molar-refractivity contribution in [1.82, 2.24) is 9.88 Å². The Labute approximate surface area is 130 Å².